The molecule has 21 heavy (non-hydrogen) atoms. The predicted molar refractivity (Wildman–Crippen MR) is 88.9 cm³/mol. The molecule has 1 N–H and O–H groups in total. The summed E-state index contributed by atoms with van der Waals surface area (Å²) < 4.78 is 0.996. The Balaban J connectivity index is 2.20. The maximum Gasteiger partial charge on any atom is 0.255 e. The van der Waals surface area contributed by atoms with Crippen molar-refractivity contribution in [2.75, 3.05) is 18.4 Å². The summed E-state index contributed by atoms with van der Waals surface area (Å²) in [4.78, 5) is 18.2. The molecular weight excluding hydrogens is 330 g/mol. The molecule has 0 aliphatic carbocycles. The molecule has 0 radical (unpaired) electrons. The van der Waals surface area contributed by atoms with Gasteiger partial charge in [0.25, 0.3) is 5.91 Å². The highest BCUT2D eigenvalue weighted by atomic mass is 79.9. The number of aromatic nitrogens is 1. The number of amides is 1. The van der Waals surface area contributed by atoms with Gasteiger partial charge in [-0.2, -0.15) is 0 Å². The minimum atomic E-state index is 0.00499. The van der Waals surface area contributed by atoms with Crippen LogP contribution in [0.15, 0.2) is 47.2 Å². The number of nitrogens with one attached hydrogen (secondary N) is 1. The quantitative estimate of drug-likeness (QED) is 0.886. The van der Waals surface area contributed by atoms with Crippen LogP contribution in [0.5, 0.6) is 0 Å². The number of hydrogen-bond donors (Lipinski definition) is 1. The third-order valence-electron chi connectivity index (χ3n) is 3.15. The standard InChI is InChI=1S/C16H18BrN3O/c1-3-20(4-2)16(21)12-8-15(11-18-10-12)19-14-7-5-6-13(17)9-14/h5-11,19H,3-4H2,1-2H3. The zero-order valence-corrected chi connectivity index (χ0v) is 13.7. The first-order valence-electron chi connectivity index (χ1n) is 6.91. The predicted octanol–water partition coefficient (Wildman–Crippen LogP) is 4.07. The second kappa shape index (κ2) is 7.22. The lowest BCUT2D eigenvalue weighted by Gasteiger charge is -2.18. The Morgan fingerprint density at radius 1 is 1.19 bits per heavy atom. The van der Waals surface area contributed by atoms with Crippen LogP contribution in [0.1, 0.15) is 24.2 Å². The van der Waals surface area contributed by atoms with Gasteiger partial charge in [0.2, 0.25) is 0 Å². The molecule has 0 spiro atoms. The summed E-state index contributed by atoms with van der Waals surface area (Å²) in [7, 11) is 0. The summed E-state index contributed by atoms with van der Waals surface area (Å²) in [6, 6.07) is 9.67. The van der Waals surface area contributed by atoms with Crippen molar-refractivity contribution in [1.82, 2.24) is 9.88 Å². The Morgan fingerprint density at radius 3 is 2.62 bits per heavy atom. The van der Waals surface area contributed by atoms with Crippen LogP contribution in [0.3, 0.4) is 0 Å². The van der Waals surface area contributed by atoms with Gasteiger partial charge in [0.05, 0.1) is 17.4 Å². The third kappa shape index (κ3) is 4.04. The van der Waals surface area contributed by atoms with Gasteiger partial charge in [0.15, 0.2) is 0 Å². The molecule has 0 bridgehead atoms. The number of nitrogens with zero attached hydrogens (tertiary/aromatic N) is 2. The number of anilines is 2. The van der Waals surface area contributed by atoms with Crippen molar-refractivity contribution in [3.05, 3.63) is 52.8 Å². The van der Waals surface area contributed by atoms with Crippen LogP contribution >= 0.6 is 15.9 Å². The minimum absolute atomic E-state index is 0.00499. The van der Waals surface area contributed by atoms with Gasteiger partial charge in [-0.1, -0.05) is 22.0 Å². The van der Waals surface area contributed by atoms with Crippen LogP contribution in [0.4, 0.5) is 11.4 Å². The van der Waals surface area contributed by atoms with Crippen LogP contribution in [0.25, 0.3) is 0 Å². The number of carbonyl (C=O) groups is 1. The van der Waals surface area contributed by atoms with Crippen LogP contribution in [0, 0.1) is 0 Å². The lowest BCUT2D eigenvalue weighted by Crippen LogP contribution is -2.30. The van der Waals surface area contributed by atoms with E-state index in [4.69, 9.17) is 0 Å². The van der Waals surface area contributed by atoms with Gasteiger partial charge < -0.3 is 10.2 Å². The van der Waals surface area contributed by atoms with Crippen LogP contribution in [-0.2, 0) is 0 Å². The molecule has 110 valence electrons. The summed E-state index contributed by atoms with van der Waals surface area (Å²) in [6.45, 7) is 5.33. The Labute approximate surface area is 133 Å². The minimum Gasteiger partial charge on any atom is -0.354 e. The van der Waals surface area contributed by atoms with Crippen molar-refractivity contribution in [1.29, 1.82) is 0 Å². The second-order valence-corrected chi connectivity index (χ2v) is 5.49. The smallest absolute Gasteiger partial charge is 0.255 e. The maximum absolute atomic E-state index is 12.3. The topological polar surface area (TPSA) is 45.2 Å². The Hall–Kier alpha value is -1.88. The number of rotatable bonds is 5. The summed E-state index contributed by atoms with van der Waals surface area (Å²) in [5.41, 5.74) is 2.34. The molecule has 5 heteroatoms. The number of hydrogen-bond acceptors (Lipinski definition) is 3. The normalized spacial score (nSPS) is 10.2. The van der Waals surface area contributed by atoms with Gasteiger partial charge in [0, 0.05) is 29.4 Å². The summed E-state index contributed by atoms with van der Waals surface area (Å²) in [6.07, 6.45) is 3.31. The first-order chi connectivity index (χ1) is 10.1. The fourth-order valence-electron chi connectivity index (χ4n) is 2.05. The van der Waals surface area contributed by atoms with Gasteiger partial charge in [-0.15, -0.1) is 0 Å². The first-order valence-corrected chi connectivity index (χ1v) is 7.70. The average molecular weight is 348 g/mol. The van der Waals surface area contributed by atoms with E-state index in [0.717, 1.165) is 15.8 Å². The molecule has 2 aromatic rings. The molecule has 1 amide bonds. The Morgan fingerprint density at radius 2 is 1.95 bits per heavy atom. The zero-order chi connectivity index (χ0) is 15.2. The van der Waals surface area contributed by atoms with Gasteiger partial charge in [0.1, 0.15) is 0 Å². The summed E-state index contributed by atoms with van der Waals surface area (Å²) in [5, 5.41) is 3.25. The van der Waals surface area contributed by atoms with Crippen LogP contribution in [0.2, 0.25) is 0 Å². The SMILES string of the molecule is CCN(CC)C(=O)c1cncc(Nc2cccc(Br)c2)c1. The molecule has 0 aliphatic rings. The van der Waals surface area contributed by atoms with E-state index in [2.05, 4.69) is 26.2 Å². The molecule has 0 fully saturated rings. The number of carbonyl (C=O) groups excluding carboxylic acids is 1. The fraction of sp³-hybridized carbons (Fsp3) is 0.250. The molecule has 1 aromatic carbocycles. The Bertz CT molecular complexity index is 626. The van der Waals surface area contributed by atoms with Crippen molar-refractivity contribution in [2.45, 2.75) is 13.8 Å². The van der Waals surface area contributed by atoms with Gasteiger partial charge in [-0.05, 0) is 38.1 Å². The van der Waals surface area contributed by atoms with E-state index < -0.39 is 0 Å². The molecule has 0 unspecified atom stereocenters. The lowest BCUT2D eigenvalue weighted by molar-refractivity contribution is 0.0772. The highest BCUT2D eigenvalue weighted by molar-refractivity contribution is 9.10. The van der Waals surface area contributed by atoms with E-state index >= 15 is 0 Å². The van der Waals surface area contributed by atoms with E-state index in [1.165, 1.54) is 0 Å². The molecule has 1 heterocycles. The first kappa shape index (κ1) is 15.5. The molecule has 1 aromatic heterocycles. The Kier molecular flexibility index (Phi) is 5.33. The fourth-order valence-corrected chi connectivity index (χ4v) is 2.45. The van der Waals surface area contributed by atoms with Crippen molar-refractivity contribution >= 4 is 33.2 Å². The van der Waals surface area contributed by atoms with Crippen molar-refractivity contribution in [3.63, 3.8) is 0 Å². The maximum atomic E-state index is 12.3. The largest absolute Gasteiger partial charge is 0.354 e. The molecule has 0 saturated carbocycles. The summed E-state index contributed by atoms with van der Waals surface area (Å²) in [5.74, 6) is 0.00499. The molecule has 4 nitrogen and oxygen atoms in total. The third-order valence-corrected chi connectivity index (χ3v) is 3.64. The van der Waals surface area contributed by atoms with Crippen molar-refractivity contribution < 1.29 is 4.79 Å². The van der Waals surface area contributed by atoms with Crippen molar-refractivity contribution in [3.8, 4) is 0 Å². The molecule has 0 atom stereocenters. The lowest BCUT2D eigenvalue weighted by atomic mass is 10.2. The average Bonchev–Trinajstić information content (AvgIpc) is 2.48. The molecule has 2 rings (SSSR count). The van der Waals surface area contributed by atoms with E-state index in [0.29, 0.717) is 18.7 Å². The van der Waals surface area contributed by atoms with Crippen LogP contribution in [-0.4, -0.2) is 28.9 Å². The van der Waals surface area contributed by atoms with Gasteiger partial charge >= 0.3 is 0 Å². The van der Waals surface area contributed by atoms with Gasteiger partial charge in [-0.25, -0.2) is 0 Å². The number of halogens is 1. The zero-order valence-electron chi connectivity index (χ0n) is 12.1. The summed E-state index contributed by atoms with van der Waals surface area (Å²) >= 11 is 3.43. The second-order valence-electron chi connectivity index (χ2n) is 4.58. The van der Waals surface area contributed by atoms with Crippen LogP contribution < -0.4 is 5.32 Å². The number of benzene rings is 1. The number of pyridine rings is 1. The van der Waals surface area contributed by atoms with E-state index in [-0.39, 0.29) is 5.91 Å². The molecule has 0 aliphatic heterocycles. The van der Waals surface area contributed by atoms with Gasteiger partial charge in [-0.3, -0.25) is 9.78 Å². The highest BCUT2D eigenvalue weighted by Gasteiger charge is 2.13. The molecular formula is C16H18BrN3O. The van der Waals surface area contributed by atoms with Crippen molar-refractivity contribution in [2.24, 2.45) is 0 Å². The monoisotopic (exact) mass is 347 g/mol. The van der Waals surface area contributed by atoms with E-state index in [1.807, 2.05) is 44.2 Å². The van der Waals surface area contributed by atoms with E-state index in [9.17, 15) is 4.79 Å². The molecule has 0 saturated heterocycles. The highest BCUT2D eigenvalue weighted by Crippen LogP contribution is 2.20. The van der Waals surface area contributed by atoms with E-state index in [1.54, 1.807) is 17.3 Å².